The molecule has 0 unspecified atom stereocenters. The van der Waals surface area contributed by atoms with Gasteiger partial charge in [0.25, 0.3) is 0 Å². The summed E-state index contributed by atoms with van der Waals surface area (Å²) < 4.78 is 0. The Bertz CT molecular complexity index is 587. The van der Waals surface area contributed by atoms with Gasteiger partial charge in [-0.25, -0.2) is 4.98 Å². The van der Waals surface area contributed by atoms with Crippen molar-refractivity contribution in [2.24, 2.45) is 0 Å². The van der Waals surface area contributed by atoms with Gasteiger partial charge in [-0.2, -0.15) is 0 Å². The van der Waals surface area contributed by atoms with Crippen molar-refractivity contribution in [1.82, 2.24) is 4.98 Å². The van der Waals surface area contributed by atoms with E-state index in [1.807, 2.05) is 25.1 Å². The van der Waals surface area contributed by atoms with Crippen LogP contribution in [-0.2, 0) is 0 Å². The largest absolute Gasteiger partial charge is 0.354 e. The lowest BCUT2D eigenvalue weighted by molar-refractivity contribution is 0.112. The molecule has 94 valence electrons. The van der Waals surface area contributed by atoms with Crippen LogP contribution in [0.5, 0.6) is 0 Å². The summed E-state index contributed by atoms with van der Waals surface area (Å²) in [6.45, 7) is 4.14. The van der Waals surface area contributed by atoms with E-state index in [0.717, 1.165) is 22.7 Å². The number of rotatable bonds is 3. The topological polar surface area (TPSA) is 33.2 Å². The second-order valence-electron chi connectivity index (χ2n) is 4.52. The molecule has 2 rings (SSSR count). The van der Waals surface area contributed by atoms with Crippen LogP contribution in [-0.4, -0.2) is 25.4 Å². The molecule has 0 N–H and O–H groups in total. The zero-order valence-corrected chi connectivity index (χ0v) is 11.8. The molecule has 0 radical (unpaired) electrons. The van der Waals surface area contributed by atoms with E-state index in [1.54, 1.807) is 0 Å². The van der Waals surface area contributed by atoms with Crippen molar-refractivity contribution in [3.05, 3.63) is 34.2 Å². The molecule has 18 heavy (non-hydrogen) atoms. The van der Waals surface area contributed by atoms with E-state index in [1.165, 1.54) is 22.5 Å². The van der Waals surface area contributed by atoms with Crippen LogP contribution in [0, 0.1) is 13.8 Å². The number of carbonyl (C=O) groups is 1. The van der Waals surface area contributed by atoms with Crippen LogP contribution in [0.25, 0.3) is 11.3 Å². The molecule has 3 nitrogen and oxygen atoms in total. The van der Waals surface area contributed by atoms with Gasteiger partial charge in [-0.1, -0.05) is 23.5 Å². The summed E-state index contributed by atoms with van der Waals surface area (Å²) in [5, 5.41) is 0.852. The molecule has 4 heteroatoms. The smallest absolute Gasteiger partial charge is 0.186 e. The molecule has 1 heterocycles. The molecule has 1 aromatic carbocycles. The fourth-order valence-electron chi connectivity index (χ4n) is 1.69. The Hall–Kier alpha value is -1.68. The number of benzene rings is 1. The van der Waals surface area contributed by atoms with Crippen LogP contribution in [0.4, 0.5) is 5.13 Å². The molecule has 2 aromatic rings. The Morgan fingerprint density at radius 2 is 1.94 bits per heavy atom. The third-order valence-electron chi connectivity index (χ3n) is 2.91. The highest BCUT2D eigenvalue weighted by Crippen LogP contribution is 2.31. The first-order valence-corrected chi connectivity index (χ1v) is 6.55. The van der Waals surface area contributed by atoms with Gasteiger partial charge in [-0.15, -0.1) is 0 Å². The molecule has 0 atom stereocenters. The molecule has 0 spiro atoms. The van der Waals surface area contributed by atoms with E-state index in [9.17, 15) is 4.79 Å². The molecule has 0 aliphatic rings. The van der Waals surface area contributed by atoms with Gasteiger partial charge < -0.3 is 4.90 Å². The monoisotopic (exact) mass is 260 g/mol. The average molecular weight is 260 g/mol. The van der Waals surface area contributed by atoms with Crippen molar-refractivity contribution in [3.63, 3.8) is 0 Å². The molecule has 0 saturated carbocycles. The van der Waals surface area contributed by atoms with Gasteiger partial charge in [0.15, 0.2) is 11.4 Å². The van der Waals surface area contributed by atoms with E-state index in [-0.39, 0.29) is 0 Å². The van der Waals surface area contributed by atoms with Crippen molar-refractivity contribution < 1.29 is 4.79 Å². The van der Waals surface area contributed by atoms with Crippen LogP contribution in [0.3, 0.4) is 0 Å². The molecular weight excluding hydrogens is 244 g/mol. The Balaban J connectivity index is 2.55. The second kappa shape index (κ2) is 4.90. The molecular formula is C14H16N2OS. The van der Waals surface area contributed by atoms with Gasteiger partial charge in [0.05, 0.1) is 10.6 Å². The maximum Gasteiger partial charge on any atom is 0.186 e. The van der Waals surface area contributed by atoms with Crippen molar-refractivity contribution in [1.29, 1.82) is 0 Å². The zero-order chi connectivity index (χ0) is 13.3. The lowest BCUT2D eigenvalue weighted by Gasteiger charge is -2.06. The Morgan fingerprint density at radius 3 is 2.50 bits per heavy atom. The van der Waals surface area contributed by atoms with E-state index in [2.05, 4.69) is 31.0 Å². The van der Waals surface area contributed by atoms with Crippen molar-refractivity contribution in [2.75, 3.05) is 19.0 Å². The number of hydrogen-bond donors (Lipinski definition) is 0. The molecule has 0 fully saturated rings. The SMILES string of the molecule is Cc1ccc(-c2nc(N(C)C)sc2C=O)cc1C. The van der Waals surface area contributed by atoms with Crippen LogP contribution in [0.15, 0.2) is 18.2 Å². The Labute approximate surface area is 111 Å². The molecule has 0 aliphatic heterocycles. The standard InChI is InChI=1S/C14H16N2OS/c1-9-5-6-11(7-10(9)2)13-12(8-17)18-14(15-13)16(3)4/h5-8H,1-4H3. The number of aromatic nitrogens is 1. The number of aryl methyl sites for hydroxylation is 2. The van der Waals surface area contributed by atoms with E-state index < -0.39 is 0 Å². The first-order chi connectivity index (χ1) is 8.52. The number of carbonyl (C=O) groups excluding carboxylic acids is 1. The van der Waals surface area contributed by atoms with Gasteiger partial charge in [0.2, 0.25) is 0 Å². The first kappa shape index (κ1) is 12.8. The van der Waals surface area contributed by atoms with Gasteiger partial charge in [0, 0.05) is 19.7 Å². The van der Waals surface area contributed by atoms with Crippen LogP contribution >= 0.6 is 11.3 Å². The highest BCUT2D eigenvalue weighted by Gasteiger charge is 2.14. The first-order valence-electron chi connectivity index (χ1n) is 5.74. The minimum atomic E-state index is 0.682. The highest BCUT2D eigenvalue weighted by atomic mass is 32.1. The lowest BCUT2D eigenvalue weighted by atomic mass is 10.0. The molecule has 0 bridgehead atoms. The maximum atomic E-state index is 11.1. The lowest BCUT2D eigenvalue weighted by Crippen LogP contribution is -2.07. The summed E-state index contributed by atoms with van der Waals surface area (Å²) in [7, 11) is 3.86. The predicted octanol–water partition coefficient (Wildman–Crippen LogP) is 3.31. The van der Waals surface area contributed by atoms with Gasteiger partial charge in [-0.05, 0) is 31.0 Å². The third kappa shape index (κ3) is 2.29. The normalized spacial score (nSPS) is 10.4. The molecule has 1 aromatic heterocycles. The van der Waals surface area contributed by atoms with Crippen LogP contribution in [0.2, 0.25) is 0 Å². The minimum absolute atomic E-state index is 0.682. The van der Waals surface area contributed by atoms with Gasteiger partial charge in [-0.3, -0.25) is 4.79 Å². The number of nitrogens with zero attached hydrogens (tertiary/aromatic N) is 2. The molecule has 0 saturated heterocycles. The van der Waals surface area contributed by atoms with Crippen molar-refractivity contribution in [2.45, 2.75) is 13.8 Å². The fraction of sp³-hybridized carbons (Fsp3) is 0.286. The summed E-state index contributed by atoms with van der Waals surface area (Å²) >= 11 is 1.42. The van der Waals surface area contributed by atoms with E-state index in [4.69, 9.17) is 0 Å². The Kier molecular flexibility index (Phi) is 3.48. The molecule has 0 aliphatic carbocycles. The number of hydrogen-bond acceptors (Lipinski definition) is 4. The molecule has 0 amide bonds. The summed E-state index contributed by atoms with van der Waals surface area (Å²) in [6, 6.07) is 6.16. The maximum absolute atomic E-state index is 11.1. The summed E-state index contributed by atoms with van der Waals surface area (Å²) in [5.41, 5.74) is 4.24. The highest BCUT2D eigenvalue weighted by molar-refractivity contribution is 7.17. The summed E-state index contributed by atoms with van der Waals surface area (Å²) in [4.78, 5) is 18.3. The van der Waals surface area contributed by atoms with Crippen molar-refractivity contribution >= 4 is 22.8 Å². The quantitative estimate of drug-likeness (QED) is 0.794. The zero-order valence-electron chi connectivity index (χ0n) is 11.0. The Morgan fingerprint density at radius 1 is 1.22 bits per heavy atom. The number of aldehydes is 1. The third-order valence-corrected chi connectivity index (χ3v) is 4.06. The van der Waals surface area contributed by atoms with E-state index in [0.29, 0.717) is 4.88 Å². The van der Waals surface area contributed by atoms with Gasteiger partial charge >= 0.3 is 0 Å². The van der Waals surface area contributed by atoms with Crippen LogP contribution in [0.1, 0.15) is 20.8 Å². The van der Waals surface area contributed by atoms with E-state index >= 15 is 0 Å². The average Bonchev–Trinajstić information content (AvgIpc) is 2.77. The minimum Gasteiger partial charge on any atom is -0.354 e. The fourth-order valence-corrected chi connectivity index (χ4v) is 2.51. The number of thiazole rings is 1. The number of anilines is 1. The van der Waals surface area contributed by atoms with Gasteiger partial charge in [0.1, 0.15) is 0 Å². The van der Waals surface area contributed by atoms with Crippen LogP contribution < -0.4 is 4.90 Å². The predicted molar refractivity (Wildman–Crippen MR) is 76.7 cm³/mol. The summed E-state index contributed by atoms with van der Waals surface area (Å²) in [6.07, 6.45) is 0.884. The van der Waals surface area contributed by atoms with Crippen molar-refractivity contribution in [3.8, 4) is 11.3 Å². The second-order valence-corrected chi connectivity index (χ2v) is 5.53. The summed E-state index contributed by atoms with van der Waals surface area (Å²) in [5.74, 6) is 0.